The third kappa shape index (κ3) is 2.65. The lowest BCUT2D eigenvalue weighted by atomic mass is 10.0. The van der Waals surface area contributed by atoms with Crippen LogP contribution in [0.3, 0.4) is 0 Å². The molecule has 12 heavy (non-hydrogen) atoms. The molecule has 65 valence electrons. The molecule has 0 heterocycles. The van der Waals surface area contributed by atoms with E-state index in [0.29, 0.717) is 11.5 Å². The highest BCUT2D eigenvalue weighted by atomic mass is 19.1. The van der Waals surface area contributed by atoms with Crippen molar-refractivity contribution in [2.24, 2.45) is 5.92 Å². The maximum atomic E-state index is 13.0. The Balaban J connectivity index is 2.57. The van der Waals surface area contributed by atoms with E-state index >= 15 is 0 Å². The van der Waals surface area contributed by atoms with Crippen molar-refractivity contribution < 1.29 is 4.39 Å². The van der Waals surface area contributed by atoms with Gasteiger partial charge < -0.3 is 0 Å². The summed E-state index contributed by atoms with van der Waals surface area (Å²) >= 11 is 0. The number of benzene rings is 1. The van der Waals surface area contributed by atoms with E-state index in [4.69, 9.17) is 0 Å². The number of halogens is 1. The molecular weight excluding hydrogens is 151 g/mol. The van der Waals surface area contributed by atoms with E-state index in [-0.39, 0.29) is 5.82 Å². The number of hydrogen-bond acceptors (Lipinski definition) is 0. The van der Waals surface area contributed by atoms with E-state index in [1.807, 2.05) is 0 Å². The third-order valence-electron chi connectivity index (χ3n) is 1.86. The quantitative estimate of drug-likeness (QED) is 0.645. The molecule has 0 amide bonds. The van der Waals surface area contributed by atoms with Gasteiger partial charge in [0.25, 0.3) is 0 Å². The van der Waals surface area contributed by atoms with E-state index in [1.165, 1.54) is 6.07 Å². The molecule has 0 aliphatic carbocycles. The van der Waals surface area contributed by atoms with Gasteiger partial charge in [-0.1, -0.05) is 26.0 Å². The first-order valence-electron chi connectivity index (χ1n) is 4.35. The molecule has 0 nitrogen and oxygen atoms in total. The molecule has 0 unspecified atom stereocenters. The van der Waals surface area contributed by atoms with Crippen LogP contribution in [0.2, 0.25) is 0 Å². The van der Waals surface area contributed by atoms with E-state index in [1.54, 1.807) is 12.1 Å². The van der Waals surface area contributed by atoms with Crippen molar-refractivity contribution in [3.63, 3.8) is 0 Å². The van der Waals surface area contributed by atoms with Crippen molar-refractivity contribution in [1.29, 1.82) is 0 Å². The minimum Gasteiger partial charge on any atom is -0.207 e. The van der Waals surface area contributed by atoms with Gasteiger partial charge in [-0.15, -0.1) is 0 Å². The lowest BCUT2D eigenvalue weighted by Gasteiger charge is -2.04. The average Bonchev–Trinajstić information content (AvgIpc) is 2.03. The van der Waals surface area contributed by atoms with Crippen LogP contribution >= 0.6 is 0 Å². The van der Waals surface area contributed by atoms with Gasteiger partial charge in [-0.25, -0.2) is 4.39 Å². The van der Waals surface area contributed by atoms with E-state index in [9.17, 15) is 4.39 Å². The zero-order chi connectivity index (χ0) is 8.97. The van der Waals surface area contributed by atoms with E-state index < -0.39 is 0 Å². The minimum absolute atomic E-state index is 0.127. The molecule has 0 N–H and O–H groups in total. The van der Waals surface area contributed by atoms with Crippen LogP contribution in [0.1, 0.15) is 25.8 Å². The molecule has 1 heteroatoms. The molecule has 0 atom stereocenters. The second-order valence-electron chi connectivity index (χ2n) is 3.43. The lowest BCUT2D eigenvalue weighted by Crippen LogP contribution is -1.94. The second-order valence-corrected chi connectivity index (χ2v) is 3.43. The molecule has 0 spiro atoms. The van der Waals surface area contributed by atoms with Crippen molar-refractivity contribution in [3.8, 4) is 0 Å². The summed E-state index contributed by atoms with van der Waals surface area (Å²) in [7, 11) is 0. The van der Waals surface area contributed by atoms with Crippen molar-refractivity contribution in [2.45, 2.75) is 26.7 Å². The standard InChI is InChI=1S/C11H14F/c1-9(2)7-8-10-5-3-4-6-11(10)12/h3-4,6,9H,7-8H2,1-2H3. The predicted octanol–water partition coefficient (Wildman–Crippen LogP) is 3.21. The Kier molecular flexibility index (Phi) is 3.27. The maximum Gasteiger partial charge on any atom is 0.127 e. The molecule has 0 fully saturated rings. The Bertz CT molecular complexity index is 241. The summed E-state index contributed by atoms with van der Waals surface area (Å²) in [5.74, 6) is 0.496. The largest absolute Gasteiger partial charge is 0.207 e. The van der Waals surface area contributed by atoms with Gasteiger partial charge in [-0.2, -0.15) is 0 Å². The molecule has 1 rings (SSSR count). The highest BCUT2D eigenvalue weighted by molar-refractivity contribution is 5.15. The van der Waals surface area contributed by atoms with E-state index in [0.717, 1.165) is 12.8 Å². The summed E-state index contributed by atoms with van der Waals surface area (Å²) in [6.45, 7) is 4.28. The molecular formula is C11H14F. The fourth-order valence-corrected chi connectivity index (χ4v) is 1.08. The minimum atomic E-state index is -0.127. The number of aryl methyl sites for hydroxylation is 1. The maximum absolute atomic E-state index is 13.0. The molecule has 1 radical (unpaired) electrons. The molecule has 1 aromatic carbocycles. The molecule has 0 bridgehead atoms. The predicted molar refractivity (Wildman–Crippen MR) is 48.4 cm³/mol. The Morgan fingerprint density at radius 1 is 1.50 bits per heavy atom. The van der Waals surface area contributed by atoms with Crippen LogP contribution in [0.4, 0.5) is 4.39 Å². The van der Waals surface area contributed by atoms with Gasteiger partial charge in [0.1, 0.15) is 5.82 Å². The van der Waals surface area contributed by atoms with Gasteiger partial charge in [0.15, 0.2) is 0 Å². The normalized spacial score (nSPS) is 10.7. The number of rotatable bonds is 3. The molecule has 0 saturated heterocycles. The van der Waals surface area contributed by atoms with Crippen LogP contribution in [0.5, 0.6) is 0 Å². The van der Waals surface area contributed by atoms with Crippen LogP contribution in [0.25, 0.3) is 0 Å². The summed E-state index contributed by atoms with van der Waals surface area (Å²) in [6, 6.07) is 7.85. The third-order valence-corrected chi connectivity index (χ3v) is 1.86. The first-order valence-corrected chi connectivity index (χ1v) is 4.35. The zero-order valence-electron chi connectivity index (χ0n) is 7.60. The molecule has 0 aliphatic heterocycles. The summed E-state index contributed by atoms with van der Waals surface area (Å²) < 4.78 is 13.0. The summed E-state index contributed by atoms with van der Waals surface area (Å²) in [5.41, 5.74) is 0.714. The summed E-state index contributed by atoms with van der Waals surface area (Å²) in [4.78, 5) is 0. The fraction of sp³-hybridized carbons (Fsp3) is 0.455. The molecule has 0 saturated carbocycles. The zero-order valence-corrected chi connectivity index (χ0v) is 7.60. The van der Waals surface area contributed by atoms with Gasteiger partial charge in [0.05, 0.1) is 0 Å². The van der Waals surface area contributed by atoms with Gasteiger partial charge in [-0.3, -0.25) is 0 Å². The second kappa shape index (κ2) is 4.24. The first-order chi connectivity index (χ1) is 5.70. The Hall–Kier alpha value is -0.850. The summed E-state index contributed by atoms with van der Waals surface area (Å²) in [5, 5.41) is 0. The van der Waals surface area contributed by atoms with Gasteiger partial charge in [-0.05, 0) is 36.5 Å². The molecule has 0 aromatic heterocycles. The fourth-order valence-electron chi connectivity index (χ4n) is 1.08. The molecule has 1 aromatic rings. The van der Waals surface area contributed by atoms with Crippen molar-refractivity contribution in [3.05, 3.63) is 35.6 Å². The van der Waals surface area contributed by atoms with Crippen LogP contribution < -0.4 is 0 Å². The monoisotopic (exact) mass is 165 g/mol. The van der Waals surface area contributed by atoms with Crippen LogP contribution in [-0.2, 0) is 6.42 Å². The van der Waals surface area contributed by atoms with Gasteiger partial charge >= 0.3 is 0 Å². The highest BCUT2D eigenvalue weighted by Gasteiger charge is 2.01. The van der Waals surface area contributed by atoms with Crippen molar-refractivity contribution >= 4 is 0 Å². The molecule has 0 aliphatic rings. The van der Waals surface area contributed by atoms with E-state index in [2.05, 4.69) is 19.9 Å². The van der Waals surface area contributed by atoms with Crippen LogP contribution in [0, 0.1) is 17.8 Å². The average molecular weight is 165 g/mol. The summed E-state index contributed by atoms with van der Waals surface area (Å²) in [6.07, 6.45) is 1.82. The van der Waals surface area contributed by atoms with Crippen LogP contribution in [0.15, 0.2) is 18.2 Å². The first kappa shape index (κ1) is 9.24. The highest BCUT2D eigenvalue weighted by Crippen LogP contribution is 2.11. The van der Waals surface area contributed by atoms with Crippen molar-refractivity contribution in [2.75, 3.05) is 0 Å². The van der Waals surface area contributed by atoms with Crippen LogP contribution in [-0.4, -0.2) is 0 Å². The lowest BCUT2D eigenvalue weighted by molar-refractivity contribution is 0.558. The topological polar surface area (TPSA) is 0 Å². The number of hydrogen-bond donors (Lipinski definition) is 0. The van der Waals surface area contributed by atoms with Gasteiger partial charge in [0.2, 0.25) is 0 Å². The smallest absolute Gasteiger partial charge is 0.127 e. The Morgan fingerprint density at radius 3 is 2.83 bits per heavy atom. The SMILES string of the molecule is CC(C)CCc1[c]cccc1F. The Labute approximate surface area is 73.4 Å². The van der Waals surface area contributed by atoms with Gasteiger partial charge in [0, 0.05) is 0 Å². The van der Waals surface area contributed by atoms with Crippen molar-refractivity contribution in [1.82, 2.24) is 0 Å². The Morgan fingerprint density at radius 2 is 2.25 bits per heavy atom.